The van der Waals surface area contributed by atoms with Gasteiger partial charge >= 0.3 is 0 Å². The molecule has 1 amide bonds. The van der Waals surface area contributed by atoms with Crippen LogP contribution in [0.1, 0.15) is 33.5 Å². The molecule has 5 nitrogen and oxygen atoms in total. The summed E-state index contributed by atoms with van der Waals surface area (Å²) >= 11 is 0. The molecule has 0 spiro atoms. The second-order valence-electron chi connectivity index (χ2n) is 8.41. The Kier molecular flexibility index (Phi) is 4.91. The first-order valence-corrected chi connectivity index (χ1v) is 10.8. The van der Waals surface area contributed by atoms with Gasteiger partial charge in [-0.15, -0.1) is 0 Å². The van der Waals surface area contributed by atoms with Gasteiger partial charge in [-0.25, -0.2) is 0 Å². The fraction of sp³-hybridized carbons (Fsp3) is 0.185. The van der Waals surface area contributed by atoms with Gasteiger partial charge in [0.2, 0.25) is 0 Å². The molecule has 1 aromatic heterocycles. The predicted octanol–water partition coefficient (Wildman–Crippen LogP) is 4.53. The van der Waals surface area contributed by atoms with Crippen LogP contribution in [-0.4, -0.2) is 28.3 Å². The Hall–Kier alpha value is -3.70. The first-order chi connectivity index (χ1) is 15.5. The molecule has 0 bridgehead atoms. The van der Waals surface area contributed by atoms with Gasteiger partial charge in [0, 0.05) is 34.8 Å². The molecule has 0 saturated heterocycles. The number of hydrogen-bond acceptors (Lipinski definition) is 3. The summed E-state index contributed by atoms with van der Waals surface area (Å²) in [5.41, 5.74) is 2.91. The smallest absolute Gasteiger partial charge is 0.264 e. The van der Waals surface area contributed by atoms with E-state index in [0.717, 1.165) is 22.0 Å². The van der Waals surface area contributed by atoms with E-state index in [-0.39, 0.29) is 12.2 Å². The Labute approximate surface area is 186 Å². The minimum Gasteiger partial charge on any atom is -0.375 e. The van der Waals surface area contributed by atoms with Gasteiger partial charge in [-0.3, -0.25) is 9.59 Å². The van der Waals surface area contributed by atoms with E-state index >= 15 is 0 Å². The van der Waals surface area contributed by atoms with E-state index in [9.17, 15) is 14.7 Å². The zero-order valence-electron chi connectivity index (χ0n) is 17.8. The molecule has 0 aliphatic carbocycles. The number of ketones is 1. The van der Waals surface area contributed by atoms with Gasteiger partial charge in [-0.1, -0.05) is 60.2 Å². The van der Waals surface area contributed by atoms with Gasteiger partial charge in [-0.2, -0.15) is 0 Å². The van der Waals surface area contributed by atoms with Gasteiger partial charge in [0.1, 0.15) is 0 Å². The standard InChI is InChI=1S/C27H24N2O3/c1-18-7-6-8-19(15-18)25(30)16-27(32)22-10-3-5-12-24(22)29(26(27)31)14-13-20-17-28-23-11-4-2-9-21(20)23/h2-12,15,17,28,32H,13-14,16H2,1H3. The molecule has 1 atom stereocenters. The maximum atomic E-state index is 13.5. The molecule has 0 saturated carbocycles. The molecular formula is C27H24N2O3. The SMILES string of the molecule is Cc1cccc(C(=O)CC2(O)C(=O)N(CCc3c[nH]c4ccccc34)c3ccccc32)c1. The van der Waals surface area contributed by atoms with Gasteiger partial charge in [0.25, 0.3) is 5.91 Å². The lowest BCUT2D eigenvalue weighted by molar-refractivity contribution is -0.135. The molecule has 0 fully saturated rings. The van der Waals surface area contributed by atoms with Gasteiger partial charge in [0.15, 0.2) is 11.4 Å². The summed E-state index contributed by atoms with van der Waals surface area (Å²) in [7, 11) is 0. The Bertz CT molecular complexity index is 1340. The molecule has 0 radical (unpaired) electrons. The Morgan fingerprint density at radius 2 is 1.81 bits per heavy atom. The van der Waals surface area contributed by atoms with Crippen molar-refractivity contribution in [3.05, 3.63) is 101 Å². The van der Waals surface area contributed by atoms with Gasteiger partial charge in [0.05, 0.1) is 12.1 Å². The van der Waals surface area contributed by atoms with Crippen molar-refractivity contribution in [1.82, 2.24) is 4.98 Å². The number of para-hydroxylation sites is 2. The number of carbonyl (C=O) groups excluding carboxylic acids is 2. The second kappa shape index (κ2) is 7.77. The van der Waals surface area contributed by atoms with Crippen molar-refractivity contribution >= 4 is 28.3 Å². The minimum atomic E-state index is -1.86. The summed E-state index contributed by atoms with van der Waals surface area (Å²) in [5.74, 6) is -0.697. The summed E-state index contributed by atoms with van der Waals surface area (Å²) in [5, 5.41) is 12.6. The van der Waals surface area contributed by atoms with E-state index in [4.69, 9.17) is 0 Å². The number of carbonyl (C=O) groups is 2. The first-order valence-electron chi connectivity index (χ1n) is 10.8. The lowest BCUT2D eigenvalue weighted by atomic mass is 9.88. The Morgan fingerprint density at radius 1 is 1.03 bits per heavy atom. The van der Waals surface area contributed by atoms with Crippen LogP contribution >= 0.6 is 0 Å². The minimum absolute atomic E-state index is 0.252. The molecule has 1 unspecified atom stereocenters. The van der Waals surface area contributed by atoms with E-state index in [1.165, 1.54) is 0 Å². The van der Waals surface area contributed by atoms with Crippen LogP contribution in [0.5, 0.6) is 0 Å². The van der Waals surface area contributed by atoms with Crippen molar-refractivity contribution in [3.63, 3.8) is 0 Å². The summed E-state index contributed by atoms with van der Waals surface area (Å²) in [6.45, 7) is 2.33. The van der Waals surface area contributed by atoms with Crippen LogP contribution in [0.25, 0.3) is 10.9 Å². The second-order valence-corrected chi connectivity index (χ2v) is 8.41. The molecule has 2 N–H and O–H groups in total. The van der Waals surface area contributed by atoms with E-state index in [0.29, 0.717) is 29.8 Å². The molecular weight excluding hydrogens is 400 g/mol. The number of rotatable bonds is 6. The highest BCUT2D eigenvalue weighted by Gasteiger charge is 2.50. The Morgan fingerprint density at radius 3 is 2.66 bits per heavy atom. The van der Waals surface area contributed by atoms with Crippen LogP contribution < -0.4 is 4.90 Å². The highest BCUT2D eigenvalue weighted by Crippen LogP contribution is 2.43. The number of benzene rings is 3. The molecule has 3 aromatic carbocycles. The highest BCUT2D eigenvalue weighted by molar-refractivity contribution is 6.10. The number of nitrogens with one attached hydrogen (secondary N) is 1. The Balaban J connectivity index is 1.43. The fourth-order valence-corrected chi connectivity index (χ4v) is 4.62. The number of anilines is 1. The van der Waals surface area contributed by atoms with Gasteiger partial charge < -0.3 is 15.0 Å². The third kappa shape index (κ3) is 3.31. The molecule has 1 aliphatic rings. The third-order valence-corrected chi connectivity index (χ3v) is 6.28. The monoisotopic (exact) mass is 424 g/mol. The summed E-state index contributed by atoms with van der Waals surface area (Å²) in [6, 6.07) is 22.5. The summed E-state index contributed by atoms with van der Waals surface area (Å²) in [6.07, 6.45) is 2.31. The molecule has 5 rings (SSSR count). The van der Waals surface area contributed by atoms with Crippen molar-refractivity contribution in [2.75, 3.05) is 11.4 Å². The zero-order valence-corrected chi connectivity index (χ0v) is 17.8. The molecule has 2 heterocycles. The highest BCUT2D eigenvalue weighted by atomic mass is 16.3. The average Bonchev–Trinajstić information content (AvgIpc) is 3.30. The van der Waals surface area contributed by atoms with E-state index in [1.54, 1.807) is 29.2 Å². The number of aliphatic hydroxyl groups is 1. The van der Waals surface area contributed by atoms with E-state index in [1.807, 2.05) is 55.6 Å². The average molecular weight is 425 g/mol. The van der Waals surface area contributed by atoms with Crippen LogP contribution in [0, 0.1) is 6.92 Å². The molecule has 160 valence electrons. The number of fused-ring (bicyclic) bond motifs is 2. The van der Waals surface area contributed by atoms with Crippen molar-refractivity contribution in [2.45, 2.75) is 25.4 Å². The number of hydrogen-bond donors (Lipinski definition) is 2. The lowest BCUT2D eigenvalue weighted by Gasteiger charge is -2.23. The number of amides is 1. The number of Topliss-reactive ketones (excluding diaryl/α,β-unsaturated/α-hetero) is 1. The van der Waals surface area contributed by atoms with E-state index in [2.05, 4.69) is 11.1 Å². The number of aromatic amines is 1. The van der Waals surface area contributed by atoms with Crippen molar-refractivity contribution in [2.24, 2.45) is 0 Å². The first kappa shape index (κ1) is 20.2. The summed E-state index contributed by atoms with van der Waals surface area (Å²) in [4.78, 5) is 31.3. The largest absolute Gasteiger partial charge is 0.375 e. The number of aromatic nitrogens is 1. The topological polar surface area (TPSA) is 73.4 Å². The summed E-state index contributed by atoms with van der Waals surface area (Å²) < 4.78 is 0. The fourth-order valence-electron chi connectivity index (χ4n) is 4.62. The predicted molar refractivity (Wildman–Crippen MR) is 125 cm³/mol. The van der Waals surface area contributed by atoms with Crippen LogP contribution in [0.4, 0.5) is 5.69 Å². The van der Waals surface area contributed by atoms with Crippen molar-refractivity contribution in [1.29, 1.82) is 0 Å². The van der Waals surface area contributed by atoms with Crippen LogP contribution in [0.15, 0.2) is 79.0 Å². The third-order valence-electron chi connectivity index (χ3n) is 6.28. The van der Waals surface area contributed by atoms with E-state index < -0.39 is 11.5 Å². The molecule has 5 heteroatoms. The van der Waals surface area contributed by atoms with Crippen LogP contribution in [0.3, 0.4) is 0 Å². The maximum absolute atomic E-state index is 13.5. The molecule has 1 aliphatic heterocycles. The molecule has 32 heavy (non-hydrogen) atoms. The molecule has 4 aromatic rings. The normalized spacial score (nSPS) is 17.7. The quantitative estimate of drug-likeness (QED) is 0.447. The van der Waals surface area contributed by atoms with Crippen molar-refractivity contribution < 1.29 is 14.7 Å². The number of nitrogens with zero attached hydrogens (tertiary/aromatic N) is 1. The van der Waals surface area contributed by atoms with Crippen LogP contribution in [0.2, 0.25) is 0 Å². The number of aryl methyl sites for hydroxylation is 1. The maximum Gasteiger partial charge on any atom is 0.264 e. The zero-order chi connectivity index (χ0) is 22.3. The van der Waals surface area contributed by atoms with Gasteiger partial charge in [-0.05, 0) is 37.1 Å². The van der Waals surface area contributed by atoms with Crippen molar-refractivity contribution in [3.8, 4) is 0 Å². The lowest BCUT2D eigenvalue weighted by Crippen LogP contribution is -2.42. The van der Waals surface area contributed by atoms with Crippen LogP contribution in [-0.2, 0) is 16.8 Å². The number of H-pyrrole nitrogens is 1.